The molecule has 0 amide bonds. The molecule has 3 heteroatoms. The normalized spacial score (nSPS) is 10.8. The molecule has 0 heterocycles. The van der Waals surface area contributed by atoms with Crippen molar-refractivity contribution in [2.45, 2.75) is 19.6 Å². The Kier molecular flexibility index (Phi) is 4.14. The third-order valence-electron chi connectivity index (χ3n) is 1.81. The van der Waals surface area contributed by atoms with Gasteiger partial charge in [-0.25, -0.2) is 0 Å². The van der Waals surface area contributed by atoms with E-state index in [0.717, 1.165) is 17.1 Å². The zero-order valence-electron chi connectivity index (χ0n) is 8.66. The summed E-state index contributed by atoms with van der Waals surface area (Å²) in [5.41, 5.74) is 7.28. The van der Waals surface area contributed by atoms with Gasteiger partial charge in [-0.15, -0.1) is 0 Å². The number of anilines is 1. The fourth-order valence-electron chi connectivity index (χ4n) is 1.13. The lowest BCUT2D eigenvalue weighted by atomic mass is 10.2. The largest absolute Gasteiger partial charge is 0.508 e. The Morgan fingerprint density at radius 3 is 2.79 bits per heavy atom. The van der Waals surface area contributed by atoms with E-state index >= 15 is 0 Å². The number of phenolic OH excluding ortho intramolecular Hbond substituents is 1. The number of nitrogens with two attached hydrogens (primary N) is 1. The molecule has 0 saturated heterocycles. The molecule has 0 unspecified atom stereocenters. The maximum atomic E-state index is 9.53. The van der Waals surface area contributed by atoms with Gasteiger partial charge in [-0.1, -0.05) is 13.8 Å². The van der Waals surface area contributed by atoms with Gasteiger partial charge >= 0.3 is 0 Å². The monoisotopic (exact) mass is 211 g/mol. The molecule has 1 aromatic rings. The van der Waals surface area contributed by atoms with E-state index in [1.54, 1.807) is 12.1 Å². The second-order valence-electron chi connectivity index (χ2n) is 3.80. The quantitative estimate of drug-likeness (QED) is 0.594. The molecule has 2 nitrogen and oxygen atoms in total. The van der Waals surface area contributed by atoms with Gasteiger partial charge in [0, 0.05) is 17.0 Å². The van der Waals surface area contributed by atoms with Crippen LogP contribution in [0.5, 0.6) is 5.75 Å². The number of benzene rings is 1. The zero-order valence-corrected chi connectivity index (χ0v) is 9.47. The molecule has 0 aliphatic heterocycles. The molecule has 3 N–H and O–H groups in total. The van der Waals surface area contributed by atoms with Crippen molar-refractivity contribution in [2.75, 3.05) is 11.5 Å². The van der Waals surface area contributed by atoms with Crippen molar-refractivity contribution in [3.05, 3.63) is 23.8 Å². The predicted molar refractivity (Wildman–Crippen MR) is 63.5 cm³/mol. The van der Waals surface area contributed by atoms with Crippen LogP contribution in [0, 0.1) is 5.92 Å². The summed E-state index contributed by atoms with van der Waals surface area (Å²) in [5.74, 6) is 2.96. The van der Waals surface area contributed by atoms with Crippen LogP contribution < -0.4 is 5.73 Å². The van der Waals surface area contributed by atoms with Gasteiger partial charge in [-0.2, -0.15) is 11.8 Å². The fraction of sp³-hybridized carbons (Fsp3) is 0.455. The first kappa shape index (κ1) is 11.2. The summed E-state index contributed by atoms with van der Waals surface area (Å²) in [6.07, 6.45) is 0. The Morgan fingerprint density at radius 2 is 2.14 bits per heavy atom. The summed E-state index contributed by atoms with van der Waals surface area (Å²) in [5, 5.41) is 9.53. The highest BCUT2D eigenvalue weighted by atomic mass is 32.2. The molecule has 0 bridgehead atoms. The zero-order chi connectivity index (χ0) is 10.6. The van der Waals surface area contributed by atoms with Crippen molar-refractivity contribution < 1.29 is 5.11 Å². The lowest BCUT2D eigenvalue weighted by molar-refractivity contribution is 0.471. The molecule has 0 fully saturated rings. The minimum atomic E-state index is 0.343. The van der Waals surface area contributed by atoms with Crippen molar-refractivity contribution in [2.24, 2.45) is 5.92 Å². The van der Waals surface area contributed by atoms with Crippen molar-refractivity contribution in [1.29, 1.82) is 0 Å². The van der Waals surface area contributed by atoms with Crippen LogP contribution in [0.1, 0.15) is 19.4 Å². The van der Waals surface area contributed by atoms with Gasteiger partial charge in [0.1, 0.15) is 5.75 Å². The molecule has 0 atom stereocenters. The van der Waals surface area contributed by atoms with Crippen LogP contribution in [0.2, 0.25) is 0 Å². The Hall–Kier alpha value is -0.830. The van der Waals surface area contributed by atoms with Crippen LogP contribution in [0.3, 0.4) is 0 Å². The Bertz CT molecular complexity index is 299. The standard InChI is InChI=1S/C11H17NOS/c1-8(2)6-14-7-9-5-10(12)3-4-11(9)13/h3-5,8,13H,6-7,12H2,1-2H3. The molecule has 0 aliphatic rings. The van der Waals surface area contributed by atoms with E-state index in [-0.39, 0.29) is 0 Å². The number of hydrogen-bond acceptors (Lipinski definition) is 3. The smallest absolute Gasteiger partial charge is 0.119 e. The lowest BCUT2D eigenvalue weighted by Crippen LogP contribution is -1.93. The Morgan fingerprint density at radius 1 is 1.43 bits per heavy atom. The van der Waals surface area contributed by atoms with E-state index < -0.39 is 0 Å². The number of thioether (sulfide) groups is 1. The number of phenols is 1. The first-order valence-electron chi connectivity index (χ1n) is 4.74. The third kappa shape index (κ3) is 3.50. The van der Waals surface area contributed by atoms with E-state index in [4.69, 9.17) is 5.73 Å². The second-order valence-corrected chi connectivity index (χ2v) is 4.83. The van der Waals surface area contributed by atoms with E-state index in [9.17, 15) is 5.11 Å². The average molecular weight is 211 g/mol. The van der Waals surface area contributed by atoms with Gasteiger partial charge in [0.2, 0.25) is 0 Å². The molecule has 78 valence electrons. The third-order valence-corrected chi connectivity index (χ3v) is 3.23. The minimum absolute atomic E-state index is 0.343. The second kappa shape index (κ2) is 5.15. The maximum Gasteiger partial charge on any atom is 0.119 e. The summed E-state index contributed by atoms with van der Waals surface area (Å²) >= 11 is 1.82. The number of aromatic hydroxyl groups is 1. The summed E-state index contributed by atoms with van der Waals surface area (Å²) in [6.45, 7) is 4.37. The highest BCUT2D eigenvalue weighted by Gasteiger charge is 2.02. The summed E-state index contributed by atoms with van der Waals surface area (Å²) < 4.78 is 0. The van der Waals surface area contributed by atoms with Gasteiger partial charge in [0.05, 0.1) is 0 Å². The van der Waals surface area contributed by atoms with E-state index in [1.165, 1.54) is 0 Å². The molecule has 0 spiro atoms. The molecule has 0 saturated carbocycles. The van der Waals surface area contributed by atoms with Crippen molar-refractivity contribution in [3.63, 3.8) is 0 Å². The molecule has 1 rings (SSSR count). The molecule has 0 radical (unpaired) electrons. The topological polar surface area (TPSA) is 46.2 Å². The number of hydrogen-bond donors (Lipinski definition) is 2. The molecular weight excluding hydrogens is 194 g/mol. The molecule has 1 aromatic carbocycles. The first-order valence-corrected chi connectivity index (χ1v) is 5.90. The molecule has 0 aromatic heterocycles. The van der Waals surface area contributed by atoms with Crippen LogP contribution in [-0.4, -0.2) is 10.9 Å². The van der Waals surface area contributed by atoms with Gasteiger partial charge in [-0.05, 0) is 29.9 Å². The SMILES string of the molecule is CC(C)CSCc1cc(N)ccc1O. The van der Waals surface area contributed by atoms with Gasteiger partial charge in [0.15, 0.2) is 0 Å². The lowest BCUT2D eigenvalue weighted by Gasteiger charge is -2.07. The maximum absolute atomic E-state index is 9.53. The van der Waals surface area contributed by atoms with Crippen molar-refractivity contribution in [3.8, 4) is 5.75 Å². The van der Waals surface area contributed by atoms with E-state index in [2.05, 4.69) is 13.8 Å². The summed E-state index contributed by atoms with van der Waals surface area (Å²) in [4.78, 5) is 0. The van der Waals surface area contributed by atoms with Gasteiger partial charge < -0.3 is 10.8 Å². The fourth-order valence-corrected chi connectivity index (χ4v) is 2.17. The molecule has 0 aliphatic carbocycles. The highest BCUT2D eigenvalue weighted by molar-refractivity contribution is 7.98. The summed E-state index contributed by atoms with van der Waals surface area (Å²) in [6, 6.07) is 5.20. The number of rotatable bonds is 4. The predicted octanol–water partition coefficient (Wildman–Crippen LogP) is 2.86. The van der Waals surface area contributed by atoms with Crippen LogP contribution >= 0.6 is 11.8 Å². The average Bonchev–Trinajstić information content (AvgIpc) is 2.10. The van der Waals surface area contributed by atoms with Crippen LogP contribution in [-0.2, 0) is 5.75 Å². The van der Waals surface area contributed by atoms with E-state index in [1.807, 2.05) is 17.8 Å². The van der Waals surface area contributed by atoms with E-state index in [0.29, 0.717) is 17.4 Å². The van der Waals surface area contributed by atoms with Crippen molar-refractivity contribution >= 4 is 17.4 Å². The van der Waals surface area contributed by atoms with Crippen LogP contribution in [0.15, 0.2) is 18.2 Å². The first-order chi connectivity index (χ1) is 6.59. The van der Waals surface area contributed by atoms with Crippen molar-refractivity contribution in [1.82, 2.24) is 0 Å². The Balaban J connectivity index is 2.53. The summed E-state index contributed by atoms with van der Waals surface area (Å²) in [7, 11) is 0. The molecule has 14 heavy (non-hydrogen) atoms. The van der Waals surface area contributed by atoms with Gasteiger partial charge in [-0.3, -0.25) is 0 Å². The minimum Gasteiger partial charge on any atom is -0.508 e. The molecular formula is C11H17NOS. The van der Waals surface area contributed by atoms with Crippen LogP contribution in [0.25, 0.3) is 0 Å². The Labute approximate surface area is 89.5 Å². The van der Waals surface area contributed by atoms with Crippen LogP contribution in [0.4, 0.5) is 5.69 Å². The van der Waals surface area contributed by atoms with Gasteiger partial charge in [0.25, 0.3) is 0 Å². The number of nitrogen functional groups attached to an aromatic ring is 1. The highest BCUT2D eigenvalue weighted by Crippen LogP contribution is 2.25.